The minimum atomic E-state index is -1.97. The number of aliphatic hydroxyl groups excluding tert-OH is 3. The fourth-order valence-electron chi connectivity index (χ4n) is 7.67. The standard InChI is InChI=1S/C42H61N11O18/c43-22(17-54)40(68)52-13-1-3-29(52)39(67)51-28(19-56)41(69)53-14-2-4-30(53)38(66)47-23(9-11-31(44)58)34(62)46-24(10-12-33(60)61)35(63)48-25(16-32(45)59)36(64)50-27(18-55)37(65)49-26(42(70)71)15-20-5-7-21(57)8-6-20/h5-8,22-30,54-57H,1-4,9-19,43H2,(H2,44,58)(H2,45,59)(H,46,62)(H,47,66)(H,48,63)(H,49,65)(H,50,64)(H,51,67)(H,60,61)(H,70,71)/t22-,23-,24-,25-,26-,27-,28-,29-,30-/m0/s1. The van der Waals surface area contributed by atoms with Gasteiger partial charge >= 0.3 is 11.9 Å². The number of likely N-dealkylation sites (tertiary alicyclic amines) is 2. The van der Waals surface area contributed by atoms with Gasteiger partial charge in [-0.15, -0.1) is 0 Å². The van der Waals surface area contributed by atoms with Crippen LogP contribution in [0.5, 0.6) is 5.75 Å². The molecule has 10 amide bonds. The van der Waals surface area contributed by atoms with E-state index < -0.39 is 177 Å². The fourth-order valence-corrected chi connectivity index (χ4v) is 7.67. The molecule has 3 rings (SSSR count). The largest absolute Gasteiger partial charge is 0.508 e. The van der Waals surface area contributed by atoms with Gasteiger partial charge < -0.3 is 89.5 Å². The topological polar surface area (TPSA) is 483 Å². The van der Waals surface area contributed by atoms with Crippen LogP contribution in [0.4, 0.5) is 0 Å². The van der Waals surface area contributed by atoms with Crippen molar-refractivity contribution in [3.05, 3.63) is 29.8 Å². The minimum Gasteiger partial charge on any atom is -0.508 e. The summed E-state index contributed by atoms with van der Waals surface area (Å²) in [5.41, 5.74) is 16.6. The van der Waals surface area contributed by atoms with E-state index in [0.717, 1.165) is 9.80 Å². The number of carboxylic acids is 2. The van der Waals surface area contributed by atoms with Crippen LogP contribution in [0.2, 0.25) is 0 Å². The molecule has 0 saturated carbocycles. The van der Waals surface area contributed by atoms with Crippen LogP contribution in [0.1, 0.15) is 63.4 Å². The maximum Gasteiger partial charge on any atom is 0.326 e. The quantitative estimate of drug-likeness (QED) is 0.0371. The van der Waals surface area contributed by atoms with E-state index in [1.165, 1.54) is 24.3 Å². The number of phenolic OH excluding ortho intramolecular Hbond substituents is 1. The number of nitrogens with zero attached hydrogens (tertiary/aromatic N) is 2. The number of aliphatic carboxylic acids is 2. The first-order valence-corrected chi connectivity index (χ1v) is 22.3. The molecule has 0 bridgehead atoms. The number of carbonyl (C=O) groups excluding carboxylic acids is 10. The number of hydrogen-bond acceptors (Lipinski definition) is 17. The first-order valence-electron chi connectivity index (χ1n) is 22.3. The average Bonchev–Trinajstić information content (AvgIpc) is 4.03. The zero-order valence-corrected chi connectivity index (χ0v) is 38.3. The molecule has 18 N–H and O–H groups in total. The predicted molar refractivity (Wildman–Crippen MR) is 239 cm³/mol. The molecule has 9 atom stereocenters. The normalized spacial score (nSPS) is 18.3. The van der Waals surface area contributed by atoms with Crippen LogP contribution < -0.4 is 49.1 Å². The summed E-state index contributed by atoms with van der Waals surface area (Å²) >= 11 is 0. The van der Waals surface area contributed by atoms with Gasteiger partial charge in [-0.05, 0) is 56.2 Å². The Morgan fingerprint density at radius 1 is 0.563 bits per heavy atom. The van der Waals surface area contributed by atoms with Crippen molar-refractivity contribution in [2.24, 2.45) is 17.2 Å². The number of benzene rings is 1. The summed E-state index contributed by atoms with van der Waals surface area (Å²) in [5, 5.41) is 71.4. The molecule has 29 heteroatoms. The van der Waals surface area contributed by atoms with Crippen molar-refractivity contribution in [1.82, 2.24) is 41.7 Å². The SMILES string of the molecule is NC(=O)CC[C@H](NC(=O)[C@@H]1CCCN1C(=O)[C@H](CO)NC(=O)[C@@H]1CCCN1C(=O)[C@@H](N)CO)C(=O)N[C@@H](CCC(=O)O)C(=O)N[C@@H](CC(N)=O)C(=O)N[C@@H](CO)C(=O)N[C@@H](Cc1ccc(O)cc1)C(=O)O. The zero-order chi connectivity index (χ0) is 53.1. The molecule has 1 aromatic rings. The molecule has 0 aliphatic carbocycles. The molecule has 2 fully saturated rings. The van der Waals surface area contributed by atoms with Crippen LogP contribution in [0.15, 0.2) is 24.3 Å². The molecule has 29 nitrogen and oxygen atoms in total. The third-order valence-electron chi connectivity index (χ3n) is 11.4. The Morgan fingerprint density at radius 3 is 1.51 bits per heavy atom. The van der Waals surface area contributed by atoms with Crippen molar-refractivity contribution in [2.45, 2.75) is 119 Å². The van der Waals surface area contributed by atoms with Gasteiger partial charge in [-0.2, -0.15) is 0 Å². The van der Waals surface area contributed by atoms with Crippen LogP contribution in [0.25, 0.3) is 0 Å². The molecule has 0 radical (unpaired) electrons. The van der Waals surface area contributed by atoms with E-state index in [2.05, 4.69) is 31.9 Å². The smallest absolute Gasteiger partial charge is 0.326 e. The second kappa shape index (κ2) is 27.6. The van der Waals surface area contributed by atoms with Crippen LogP contribution in [-0.2, 0) is 64.0 Å². The van der Waals surface area contributed by atoms with E-state index in [1.54, 1.807) is 0 Å². The second-order valence-corrected chi connectivity index (χ2v) is 16.7. The number of amides is 10. The molecule has 0 aromatic heterocycles. The maximum absolute atomic E-state index is 13.8. The molecule has 2 aliphatic heterocycles. The van der Waals surface area contributed by atoms with Gasteiger partial charge in [0, 0.05) is 32.4 Å². The first kappa shape index (κ1) is 57.8. The molecule has 392 valence electrons. The Balaban J connectivity index is 1.78. The van der Waals surface area contributed by atoms with Crippen LogP contribution in [-0.4, -0.2) is 199 Å². The maximum atomic E-state index is 13.8. The van der Waals surface area contributed by atoms with Gasteiger partial charge in [0.1, 0.15) is 60.1 Å². The number of carboxylic acid groups (broad SMARTS) is 2. The van der Waals surface area contributed by atoms with Gasteiger partial charge in [0.2, 0.25) is 59.1 Å². The summed E-state index contributed by atoms with van der Waals surface area (Å²) in [7, 11) is 0. The zero-order valence-electron chi connectivity index (χ0n) is 38.3. The number of aliphatic hydroxyl groups is 3. The Kier molecular flexibility index (Phi) is 22.5. The lowest BCUT2D eigenvalue weighted by atomic mass is 10.0. The molecular formula is C42H61N11O18. The number of nitrogens with two attached hydrogens (primary N) is 3. The van der Waals surface area contributed by atoms with Gasteiger partial charge in [0.15, 0.2) is 0 Å². The Bertz CT molecular complexity index is 2150. The summed E-state index contributed by atoms with van der Waals surface area (Å²) in [6.07, 6.45) is -2.99. The highest BCUT2D eigenvalue weighted by atomic mass is 16.4. The molecular weight excluding hydrogens is 947 g/mol. The summed E-state index contributed by atoms with van der Waals surface area (Å²) in [5.74, 6) is -13.7. The molecule has 2 heterocycles. The molecule has 1 aromatic carbocycles. The van der Waals surface area contributed by atoms with Crippen molar-refractivity contribution in [3.8, 4) is 5.75 Å². The van der Waals surface area contributed by atoms with Crippen molar-refractivity contribution >= 4 is 71.0 Å². The van der Waals surface area contributed by atoms with E-state index in [1.807, 2.05) is 0 Å². The predicted octanol–water partition coefficient (Wildman–Crippen LogP) is -7.78. The van der Waals surface area contributed by atoms with Crippen molar-refractivity contribution < 1.29 is 88.2 Å². The molecule has 2 aliphatic rings. The van der Waals surface area contributed by atoms with Gasteiger partial charge in [-0.1, -0.05) is 12.1 Å². The third-order valence-corrected chi connectivity index (χ3v) is 11.4. The molecule has 0 spiro atoms. The summed E-state index contributed by atoms with van der Waals surface area (Å²) in [6, 6.07) is -9.06. The highest BCUT2D eigenvalue weighted by Gasteiger charge is 2.42. The van der Waals surface area contributed by atoms with Gasteiger partial charge in [0.05, 0.1) is 26.2 Å². The highest BCUT2D eigenvalue weighted by molar-refractivity contribution is 5.99. The summed E-state index contributed by atoms with van der Waals surface area (Å²) in [6.45, 7) is -2.68. The Morgan fingerprint density at radius 2 is 1.01 bits per heavy atom. The lowest BCUT2D eigenvalue weighted by Gasteiger charge is -2.31. The minimum absolute atomic E-state index is 0.00346. The van der Waals surface area contributed by atoms with E-state index in [-0.39, 0.29) is 44.5 Å². The van der Waals surface area contributed by atoms with Crippen molar-refractivity contribution in [2.75, 3.05) is 32.9 Å². The summed E-state index contributed by atoms with van der Waals surface area (Å²) in [4.78, 5) is 157. The third kappa shape index (κ3) is 17.4. The van der Waals surface area contributed by atoms with Gasteiger partial charge in [-0.3, -0.25) is 52.7 Å². The molecule has 0 unspecified atom stereocenters. The number of aromatic hydroxyl groups is 1. The monoisotopic (exact) mass is 1010 g/mol. The lowest BCUT2D eigenvalue weighted by Crippen LogP contribution is -2.61. The first-order chi connectivity index (χ1) is 33.5. The Hall–Kier alpha value is -7.50. The molecule has 71 heavy (non-hydrogen) atoms. The highest BCUT2D eigenvalue weighted by Crippen LogP contribution is 2.22. The number of rotatable bonds is 28. The Labute approximate surface area is 404 Å². The van der Waals surface area contributed by atoms with E-state index >= 15 is 0 Å². The number of carbonyl (C=O) groups is 12. The number of nitrogens with one attached hydrogen (secondary N) is 6. The van der Waals surface area contributed by atoms with Gasteiger partial charge in [0.25, 0.3) is 0 Å². The fraction of sp³-hybridized carbons (Fsp3) is 0.571. The van der Waals surface area contributed by atoms with Crippen molar-refractivity contribution in [3.63, 3.8) is 0 Å². The van der Waals surface area contributed by atoms with Crippen LogP contribution in [0, 0.1) is 0 Å². The van der Waals surface area contributed by atoms with E-state index in [0.29, 0.717) is 12.0 Å². The van der Waals surface area contributed by atoms with Gasteiger partial charge in [-0.25, -0.2) is 4.79 Å². The number of primary amides is 2. The average molecular weight is 1010 g/mol. The second-order valence-electron chi connectivity index (χ2n) is 16.7. The molecule has 2 saturated heterocycles. The van der Waals surface area contributed by atoms with Crippen LogP contribution >= 0.6 is 0 Å². The number of hydrogen-bond donors (Lipinski definition) is 15. The lowest BCUT2D eigenvalue weighted by molar-refractivity contribution is -0.145. The van der Waals surface area contributed by atoms with E-state index in [4.69, 9.17) is 17.2 Å². The number of phenols is 1. The van der Waals surface area contributed by atoms with Crippen molar-refractivity contribution in [1.29, 1.82) is 0 Å². The van der Waals surface area contributed by atoms with E-state index in [9.17, 15) is 88.2 Å². The van der Waals surface area contributed by atoms with Crippen LogP contribution in [0.3, 0.4) is 0 Å². The summed E-state index contributed by atoms with van der Waals surface area (Å²) < 4.78 is 0.